The van der Waals surface area contributed by atoms with Gasteiger partial charge < -0.3 is 39.7 Å². The van der Waals surface area contributed by atoms with E-state index in [1.54, 1.807) is 55.4 Å². The molecule has 0 fully saturated rings. The number of pyridine rings is 4. The first kappa shape index (κ1) is 53.5. The lowest BCUT2D eigenvalue weighted by atomic mass is 10.0. The molecule has 26 heteroatoms. The molecular formula is C62H51F4N19O3. The number of hydrogen-bond donors (Lipinski definition) is 3. The van der Waals surface area contributed by atoms with E-state index in [1.807, 2.05) is 68.5 Å². The molecule has 0 amide bonds. The predicted octanol–water partition coefficient (Wildman–Crippen LogP) is 10.8. The smallest absolute Gasteiger partial charge is 0.174 e. The van der Waals surface area contributed by atoms with E-state index in [0.717, 1.165) is 12.4 Å². The average molecular weight is 1190 g/mol. The summed E-state index contributed by atoms with van der Waals surface area (Å²) in [6.07, 6.45) is 16.2. The topological polar surface area (TPSA) is 236 Å². The monoisotopic (exact) mass is 1190 g/mol. The third-order valence-corrected chi connectivity index (χ3v) is 15.9. The zero-order chi connectivity index (χ0) is 59.9. The average Bonchev–Trinajstić information content (AvgIpc) is 1.97. The standard InChI is InChI=1S/C62H51F4N19O3/c1-4-82-53-33(25-74-82)18-48-46(66)27-75-85(48)47-10-8-41(64)16-38(47)31-88-50-20-34(53)23-72-59(50)76-57-44-28-80-13-11-68-61(80)43-9-7-40(63)15-37(43)30-87-51-21-36(55(44)84(6-3)78-57)24-73-60(51)77-58-45-29-81-14-12-69-62(81)52-39(17-42(65)26-70-52)32-86-49-19-35(22-71-56(49)67)54(45)83(5-2)79-58/h7-17,19-27H,4-6,18,28-32H2,1-3H3,(H2,67,71)(H,72,76,78)(H,73,77,79). The molecule has 0 saturated heterocycles. The Morgan fingerprint density at radius 2 is 1.08 bits per heavy atom. The minimum absolute atomic E-state index is 0.0620. The van der Waals surface area contributed by atoms with Gasteiger partial charge in [0, 0.05) is 125 Å². The van der Waals surface area contributed by atoms with Crippen LogP contribution in [0.15, 0.2) is 123 Å². The highest BCUT2D eigenvalue weighted by molar-refractivity contribution is 5.80. The molecule has 12 aromatic rings. The second-order valence-corrected chi connectivity index (χ2v) is 21.2. The van der Waals surface area contributed by atoms with Crippen molar-refractivity contribution in [2.45, 2.75) is 79.7 Å². The van der Waals surface area contributed by atoms with Crippen molar-refractivity contribution >= 4 is 29.1 Å². The van der Waals surface area contributed by atoms with E-state index in [0.29, 0.717) is 133 Å². The number of aromatic nitrogens is 16. The first-order chi connectivity index (χ1) is 43.0. The molecule has 6 bridgehead atoms. The molecule has 440 valence electrons. The number of ether oxygens (including phenoxy) is 3. The van der Waals surface area contributed by atoms with E-state index in [1.165, 1.54) is 35.0 Å². The zero-order valence-corrected chi connectivity index (χ0v) is 47.4. The van der Waals surface area contributed by atoms with Gasteiger partial charge >= 0.3 is 0 Å². The van der Waals surface area contributed by atoms with Gasteiger partial charge in [-0.15, -0.1) is 0 Å². The molecule has 0 saturated carbocycles. The van der Waals surface area contributed by atoms with Gasteiger partial charge in [-0.25, -0.2) is 52.1 Å². The highest BCUT2D eigenvalue weighted by Crippen LogP contribution is 2.43. The van der Waals surface area contributed by atoms with E-state index < -0.39 is 23.3 Å². The summed E-state index contributed by atoms with van der Waals surface area (Å²) < 4.78 is 91.9. The number of benzene rings is 2. The van der Waals surface area contributed by atoms with Crippen LogP contribution in [0, 0.1) is 23.3 Å². The molecule has 0 aliphatic carbocycles. The first-order valence-electron chi connectivity index (χ1n) is 28.4. The highest BCUT2D eigenvalue weighted by Gasteiger charge is 2.30. The Balaban J connectivity index is 0.871. The summed E-state index contributed by atoms with van der Waals surface area (Å²) in [6, 6.07) is 15.5. The molecule has 0 unspecified atom stereocenters. The van der Waals surface area contributed by atoms with E-state index in [-0.39, 0.29) is 74.0 Å². The fourth-order valence-electron chi connectivity index (χ4n) is 11.8. The molecule has 22 nitrogen and oxygen atoms in total. The normalized spacial score (nSPS) is 13.1. The number of hydrogen-bond acceptors (Lipinski definition) is 16. The molecule has 13 heterocycles. The van der Waals surface area contributed by atoms with E-state index in [2.05, 4.69) is 30.8 Å². The van der Waals surface area contributed by atoms with Crippen LogP contribution >= 0.6 is 0 Å². The Bertz CT molecular complexity index is 4750. The number of nitrogens with one attached hydrogen (secondary N) is 2. The lowest BCUT2D eigenvalue weighted by molar-refractivity contribution is 0.305. The quantitative estimate of drug-likeness (QED) is 0.126. The van der Waals surface area contributed by atoms with Crippen molar-refractivity contribution in [2.75, 3.05) is 16.4 Å². The summed E-state index contributed by atoms with van der Waals surface area (Å²) in [7, 11) is 0. The Labute approximate surface area is 497 Å². The van der Waals surface area contributed by atoms with Crippen molar-refractivity contribution in [3.8, 4) is 79.6 Å². The number of halogens is 4. The summed E-state index contributed by atoms with van der Waals surface area (Å²) in [5, 5.41) is 26.5. The lowest BCUT2D eigenvalue weighted by Gasteiger charge is -2.19. The molecule has 3 aliphatic rings. The number of nitrogens with zero attached hydrogens (tertiary/aromatic N) is 16. The molecule has 15 rings (SSSR count). The number of anilines is 5. The second-order valence-electron chi connectivity index (χ2n) is 21.2. The second kappa shape index (κ2) is 21.4. The summed E-state index contributed by atoms with van der Waals surface area (Å²) in [4.78, 5) is 28.6. The molecule has 4 N–H and O–H groups in total. The third kappa shape index (κ3) is 9.26. The van der Waals surface area contributed by atoms with Crippen molar-refractivity contribution < 1.29 is 31.8 Å². The van der Waals surface area contributed by atoms with Crippen LogP contribution < -0.4 is 30.6 Å². The van der Waals surface area contributed by atoms with E-state index >= 15 is 13.2 Å². The summed E-state index contributed by atoms with van der Waals surface area (Å²) in [5.74, 6) is 1.34. The minimum atomic E-state index is -0.541. The number of fused-ring (bicyclic) bond motifs is 21. The van der Waals surface area contributed by atoms with Crippen molar-refractivity contribution in [2.24, 2.45) is 0 Å². The van der Waals surface area contributed by atoms with Crippen LogP contribution in [0.2, 0.25) is 0 Å². The fourth-order valence-corrected chi connectivity index (χ4v) is 11.8. The van der Waals surface area contributed by atoms with Gasteiger partial charge in [-0.3, -0.25) is 14.0 Å². The molecular weight excluding hydrogens is 1130 g/mol. The van der Waals surface area contributed by atoms with Crippen molar-refractivity contribution in [3.05, 3.63) is 185 Å². The van der Waals surface area contributed by atoms with Crippen LogP contribution in [0.25, 0.3) is 62.4 Å². The van der Waals surface area contributed by atoms with Crippen molar-refractivity contribution in [1.29, 1.82) is 0 Å². The third-order valence-electron chi connectivity index (χ3n) is 15.9. The van der Waals surface area contributed by atoms with E-state index in [9.17, 15) is 4.39 Å². The molecule has 0 radical (unpaired) electrons. The van der Waals surface area contributed by atoms with Gasteiger partial charge in [-0.1, -0.05) is 0 Å². The van der Waals surface area contributed by atoms with Crippen LogP contribution in [-0.2, 0) is 59.0 Å². The van der Waals surface area contributed by atoms with Crippen molar-refractivity contribution in [1.82, 2.24) is 78.2 Å². The van der Waals surface area contributed by atoms with Gasteiger partial charge in [-0.05, 0) is 81.4 Å². The predicted molar refractivity (Wildman–Crippen MR) is 315 cm³/mol. The molecule has 0 spiro atoms. The Morgan fingerprint density at radius 3 is 1.76 bits per heavy atom. The SMILES string of the molecule is CCn1ncc2c1-c1cnc(Nc3nn(CC)c4c3Cn3ccnc3-c3ccc(F)cc3COc3cc-4cnc3Nc3nn(CC)c4c3Cn3ccnc3-c3ncc(F)cc3COc3cc-4cnc3N)c(c1)OCc1cc(F)ccc1-n1ncc(F)c1C2. The maximum Gasteiger partial charge on any atom is 0.174 e. The van der Waals surface area contributed by atoms with Crippen LogP contribution in [0.5, 0.6) is 17.2 Å². The van der Waals surface area contributed by atoms with E-state index in [4.69, 9.17) is 50.1 Å². The highest BCUT2D eigenvalue weighted by atomic mass is 19.1. The maximum absolute atomic E-state index is 15.7. The number of rotatable bonds is 7. The Hall–Kier alpha value is -11.2. The zero-order valence-electron chi connectivity index (χ0n) is 47.4. The van der Waals surface area contributed by atoms with Gasteiger partial charge in [0.25, 0.3) is 0 Å². The number of nitrogen functional groups attached to an aromatic ring is 1. The van der Waals surface area contributed by atoms with Crippen LogP contribution in [0.4, 0.5) is 46.7 Å². The molecule has 3 aliphatic heterocycles. The first-order valence-corrected chi connectivity index (χ1v) is 28.4. The Morgan fingerprint density at radius 1 is 0.511 bits per heavy atom. The lowest BCUT2D eigenvalue weighted by Crippen LogP contribution is -2.12. The Kier molecular flexibility index (Phi) is 13.0. The maximum atomic E-state index is 15.7. The number of imidazole rings is 2. The number of nitrogens with two attached hydrogens (primary N) is 1. The van der Waals surface area contributed by atoms with Gasteiger partial charge in [0.05, 0.1) is 60.1 Å². The van der Waals surface area contributed by atoms with Gasteiger partial charge in [0.1, 0.15) is 48.8 Å². The fraction of sp³-hybridized carbons (Fsp3) is 0.194. The largest absolute Gasteiger partial charge is 0.485 e. The minimum Gasteiger partial charge on any atom is -0.485 e. The number of aryl methyl sites for hydroxylation is 3. The van der Waals surface area contributed by atoms with Crippen LogP contribution in [-0.4, -0.2) is 78.2 Å². The molecule has 2 aromatic carbocycles. The van der Waals surface area contributed by atoms with Gasteiger partial charge in [-0.2, -0.15) is 20.4 Å². The van der Waals surface area contributed by atoms with Crippen LogP contribution in [0.1, 0.15) is 59.8 Å². The van der Waals surface area contributed by atoms with Crippen LogP contribution in [0.3, 0.4) is 0 Å². The summed E-state index contributed by atoms with van der Waals surface area (Å²) in [5.41, 5.74) is 15.6. The molecule has 0 atom stereocenters. The molecule has 88 heavy (non-hydrogen) atoms. The van der Waals surface area contributed by atoms with Gasteiger partial charge in [0.2, 0.25) is 0 Å². The van der Waals surface area contributed by atoms with Gasteiger partial charge in [0.15, 0.2) is 58.0 Å². The van der Waals surface area contributed by atoms with Crippen molar-refractivity contribution in [3.63, 3.8) is 0 Å². The summed E-state index contributed by atoms with van der Waals surface area (Å²) in [6.45, 7) is 7.32. The molecule has 10 aromatic heterocycles. The summed E-state index contributed by atoms with van der Waals surface area (Å²) >= 11 is 0.